The van der Waals surface area contributed by atoms with Gasteiger partial charge in [-0.05, 0) is 24.1 Å². The van der Waals surface area contributed by atoms with Crippen molar-refractivity contribution in [3.05, 3.63) is 35.4 Å². The van der Waals surface area contributed by atoms with Gasteiger partial charge in [0.25, 0.3) is 0 Å². The summed E-state index contributed by atoms with van der Waals surface area (Å²) in [4.78, 5) is 0. The topological polar surface area (TPSA) is 0 Å². The van der Waals surface area contributed by atoms with Crippen molar-refractivity contribution in [2.24, 2.45) is 0 Å². The van der Waals surface area contributed by atoms with E-state index in [1.807, 2.05) is 0 Å². The van der Waals surface area contributed by atoms with E-state index < -0.39 is 11.7 Å². The van der Waals surface area contributed by atoms with Crippen LogP contribution in [0.3, 0.4) is 0 Å². The molecule has 0 fully saturated rings. The molecular formula is C9H8F3IZn+2. The van der Waals surface area contributed by atoms with Gasteiger partial charge in [-0.1, -0.05) is 34.7 Å². The minimum Gasteiger partial charge on any atom is -0.166 e. The van der Waals surface area contributed by atoms with Gasteiger partial charge >= 0.3 is 25.7 Å². The Balaban J connectivity index is 0.00000169. The van der Waals surface area contributed by atoms with Crippen molar-refractivity contribution in [2.75, 3.05) is 4.43 Å². The molecule has 0 heterocycles. The fourth-order valence-corrected chi connectivity index (χ4v) is 1.59. The molecule has 0 aliphatic heterocycles. The third-order valence-electron chi connectivity index (χ3n) is 1.66. The summed E-state index contributed by atoms with van der Waals surface area (Å²) in [5.41, 5.74) is 0.368. The Morgan fingerprint density at radius 3 is 1.93 bits per heavy atom. The van der Waals surface area contributed by atoms with E-state index in [2.05, 4.69) is 22.6 Å². The third-order valence-corrected chi connectivity index (χ3v) is 2.20. The third kappa shape index (κ3) is 4.26. The Labute approximate surface area is 107 Å². The normalized spacial score (nSPS) is 10.9. The molecule has 0 atom stereocenters. The number of halogens is 4. The first-order valence-electron chi connectivity index (χ1n) is 3.76. The summed E-state index contributed by atoms with van der Waals surface area (Å²) in [6.07, 6.45) is -3.40. The maximum absolute atomic E-state index is 12.1. The Morgan fingerprint density at radius 1 is 1.07 bits per heavy atom. The minimum atomic E-state index is -4.22. The molecule has 0 unspecified atom stereocenters. The summed E-state index contributed by atoms with van der Waals surface area (Å²) >= 11 is 2.19. The predicted molar refractivity (Wildman–Crippen MR) is 54.0 cm³/mol. The zero-order valence-electron chi connectivity index (χ0n) is 7.44. The fraction of sp³-hybridized carbons (Fsp3) is 0.333. The average Bonchev–Trinajstić information content (AvgIpc) is 2.04. The molecule has 0 amide bonds. The van der Waals surface area contributed by atoms with E-state index in [0.717, 1.165) is 28.5 Å². The van der Waals surface area contributed by atoms with Crippen molar-refractivity contribution in [1.82, 2.24) is 0 Å². The van der Waals surface area contributed by atoms with Crippen molar-refractivity contribution < 1.29 is 32.6 Å². The monoisotopic (exact) mass is 364 g/mol. The Kier molecular flexibility index (Phi) is 6.21. The van der Waals surface area contributed by atoms with Crippen LogP contribution in [0.4, 0.5) is 13.2 Å². The van der Waals surface area contributed by atoms with Crippen molar-refractivity contribution >= 4 is 22.6 Å². The van der Waals surface area contributed by atoms with Crippen LogP contribution < -0.4 is 0 Å². The molecule has 0 nitrogen and oxygen atoms in total. The molecule has 0 spiro atoms. The molecule has 0 N–H and O–H groups in total. The van der Waals surface area contributed by atoms with E-state index in [1.54, 1.807) is 0 Å². The molecular weight excluding hydrogens is 357 g/mol. The largest absolute Gasteiger partial charge is 2.00 e. The Bertz CT molecular complexity index is 268. The fourth-order valence-electron chi connectivity index (χ4n) is 0.970. The SMILES string of the molecule is FC(F)(F)c1ccc(CCI)cc1.[Zn+2]. The van der Waals surface area contributed by atoms with Crippen LogP contribution in [-0.2, 0) is 32.1 Å². The second kappa shape index (κ2) is 6.06. The van der Waals surface area contributed by atoms with Crippen LogP contribution in [0.25, 0.3) is 0 Å². The smallest absolute Gasteiger partial charge is 0.166 e. The van der Waals surface area contributed by atoms with Gasteiger partial charge in [-0.25, -0.2) is 0 Å². The second-order valence-corrected chi connectivity index (χ2v) is 3.71. The number of hydrogen-bond donors (Lipinski definition) is 0. The second-order valence-electron chi connectivity index (χ2n) is 2.63. The van der Waals surface area contributed by atoms with Crippen molar-refractivity contribution in [3.63, 3.8) is 0 Å². The molecule has 0 aliphatic carbocycles. The van der Waals surface area contributed by atoms with Gasteiger partial charge < -0.3 is 0 Å². The van der Waals surface area contributed by atoms with Gasteiger partial charge in [0.15, 0.2) is 0 Å². The summed E-state index contributed by atoms with van der Waals surface area (Å²) in [6, 6.07) is 5.31. The van der Waals surface area contributed by atoms with Gasteiger partial charge in [-0.2, -0.15) is 13.2 Å². The van der Waals surface area contributed by atoms with Crippen molar-refractivity contribution in [3.8, 4) is 0 Å². The van der Waals surface area contributed by atoms with Gasteiger partial charge in [-0.3, -0.25) is 0 Å². The maximum atomic E-state index is 12.1. The Morgan fingerprint density at radius 2 is 1.57 bits per heavy atom. The maximum Gasteiger partial charge on any atom is 2.00 e. The summed E-state index contributed by atoms with van der Waals surface area (Å²) in [5.74, 6) is 0. The standard InChI is InChI=1S/C9H8F3I.Zn/c10-9(11,12)8-3-1-7(2-4-8)5-6-13;/h1-4H,5-6H2;/q;+2. The number of rotatable bonds is 2. The van der Waals surface area contributed by atoms with Gasteiger partial charge in [0.1, 0.15) is 0 Å². The summed E-state index contributed by atoms with van der Waals surface area (Å²) in [5, 5.41) is 0. The van der Waals surface area contributed by atoms with E-state index in [1.165, 1.54) is 12.1 Å². The van der Waals surface area contributed by atoms with Crippen LogP contribution in [0.1, 0.15) is 11.1 Å². The van der Waals surface area contributed by atoms with Gasteiger partial charge in [0, 0.05) is 4.43 Å². The molecule has 0 aliphatic rings. The number of benzene rings is 1. The van der Waals surface area contributed by atoms with E-state index >= 15 is 0 Å². The Hall–Kier alpha value is 0.363. The van der Waals surface area contributed by atoms with Crippen LogP contribution in [0.15, 0.2) is 24.3 Å². The molecule has 1 aromatic carbocycles. The molecule has 0 radical (unpaired) electrons. The summed E-state index contributed by atoms with van der Waals surface area (Å²) < 4.78 is 37.2. The molecule has 5 heteroatoms. The van der Waals surface area contributed by atoms with Crippen LogP contribution in [0.2, 0.25) is 0 Å². The molecule has 1 rings (SSSR count). The van der Waals surface area contributed by atoms with Crippen molar-refractivity contribution in [1.29, 1.82) is 0 Å². The predicted octanol–water partition coefficient (Wildman–Crippen LogP) is 3.68. The van der Waals surface area contributed by atoms with Crippen LogP contribution in [0.5, 0.6) is 0 Å². The first kappa shape index (κ1) is 14.4. The van der Waals surface area contributed by atoms with E-state index in [-0.39, 0.29) is 19.5 Å². The molecule has 0 aromatic heterocycles. The molecule has 72 valence electrons. The van der Waals surface area contributed by atoms with E-state index in [9.17, 15) is 13.2 Å². The molecule has 14 heavy (non-hydrogen) atoms. The van der Waals surface area contributed by atoms with Gasteiger partial charge in [-0.15, -0.1) is 0 Å². The van der Waals surface area contributed by atoms with Crippen LogP contribution >= 0.6 is 22.6 Å². The van der Waals surface area contributed by atoms with Crippen molar-refractivity contribution in [2.45, 2.75) is 12.6 Å². The molecule has 0 saturated carbocycles. The zero-order valence-corrected chi connectivity index (χ0v) is 12.6. The first-order chi connectivity index (χ1) is 6.04. The average molecular weight is 365 g/mol. The zero-order chi connectivity index (χ0) is 9.90. The molecule has 1 aromatic rings. The number of aryl methyl sites for hydroxylation is 1. The van der Waals surface area contributed by atoms with Gasteiger partial charge in [0.05, 0.1) is 5.56 Å². The summed E-state index contributed by atoms with van der Waals surface area (Å²) in [7, 11) is 0. The number of hydrogen-bond acceptors (Lipinski definition) is 0. The van der Waals surface area contributed by atoms with E-state index in [0.29, 0.717) is 0 Å². The van der Waals surface area contributed by atoms with Gasteiger partial charge in [0.2, 0.25) is 0 Å². The molecule has 0 bridgehead atoms. The first-order valence-corrected chi connectivity index (χ1v) is 5.28. The minimum absolute atomic E-state index is 0. The van der Waals surface area contributed by atoms with Crippen LogP contribution in [0, 0.1) is 0 Å². The molecule has 0 saturated heterocycles. The summed E-state index contributed by atoms with van der Waals surface area (Å²) in [6.45, 7) is 0. The quantitative estimate of drug-likeness (QED) is 0.426. The number of alkyl halides is 4. The van der Waals surface area contributed by atoms with E-state index in [4.69, 9.17) is 0 Å². The van der Waals surface area contributed by atoms with Crippen LogP contribution in [-0.4, -0.2) is 4.43 Å².